The standard InChI is InChI=1S/C8H13N3O4/c1-4-8(9-15)5(12)10(2)7(14)11(3)6(8)13/h9,15H,4H2,1-3H3. The Hall–Kier alpha value is -1.47. The molecular formula is C8H13N3O4. The zero-order valence-electron chi connectivity index (χ0n) is 8.77. The zero-order valence-corrected chi connectivity index (χ0v) is 8.77. The second-order valence-electron chi connectivity index (χ2n) is 3.38. The predicted molar refractivity (Wildman–Crippen MR) is 48.9 cm³/mol. The van der Waals surface area contributed by atoms with E-state index in [1.54, 1.807) is 12.4 Å². The Balaban J connectivity index is 3.23. The largest absolute Gasteiger partial charge is 0.332 e. The van der Waals surface area contributed by atoms with Crippen molar-refractivity contribution in [1.82, 2.24) is 15.3 Å². The molecule has 0 spiro atoms. The van der Waals surface area contributed by atoms with Crippen LogP contribution in [0.5, 0.6) is 0 Å². The maximum absolute atomic E-state index is 11.7. The van der Waals surface area contributed by atoms with E-state index in [1.807, 2.05) is 0 Å². The Bertz CT molecular complexity index is 298. The van der Waals surface area contributed by atoms with Gasteiger partial charge in [-0.2, -0.15) is 5.48 Å². The highest BCUT2D eigenvalue weighted by Crippen LogP contribution is 2.22. The fourth-order valence-electron chi connectivity index (χ4n) is 1.54. The highest BCUT2D eigenvalue weighted by molar-refractivity contribution is 6.21. The number of imide groups is 2. The highest BCUT2D eigenvalue weighted by Gasteiger charge is 2.54. The number of amides is 4. The second-order valence-corrected chi connectivity index (χ2v) is 3.38. The summed E-state index contributed by atoms with van der Waals surface area (Å²) in [4.78, 5) is 36.4. The number of likely N-dealkylation sites (N-methyl/N-ethyl adjacent to an activating group) is 2. The van der Waals surface area contributed by atoms with Crippen LogP contribution in [0.1, 0.15) is 13.3 Å². The molecule has 0 radical (unpaired) electrons. The van der Waals surface area contributed by atoms with Gasteiger partial charge >= 0.3 is 6.03 Å². The summed E-state index contributed by atoms with van der Waals surface area (Å²) in [6, 6.07) is -0.704. The smallest absolute Gasteiger partial charge is 0.315 e. The normalized spacial score (nSPS) is 21.2. The lowest BCUT2D eigenvalue weighted by Gasteiger charge is -2.39. The summed E-state index contributed by atoms with van der Waals surface area (Å²) >= 11 is 0. The number of carbonyl (C=O) groups excluding carboxylic acids is 3. The van der Waals surface area contributed by atoms with Crippen molar-refractivity contribution in [1.29, 1.82) is 0 Å². The molecule has 0 saturated carbocycles. The second kappa shape index (κ2) is 3.59. The Kier molecular flexibility index (Phi) is 2.78. The van der Waals surface area contributed by atoms with Crippen molar-refractivity contribution in [3.63, 3.8) is 0 Å². The van der Waals surface area contributed by atoms with E-state index in [1.165, 1.54) is 14.1 Å². The number of carbonyl (C=O) groups is 3. The number of barbiturate groups is 1. The first-order chi connectivity index (χ1) is 6.92. The van der Waals surface area contributed by atoms with Crippen molar-refractivity contribution in [2.24, 2.45) is 0 Å². The SMILES string of the molecule is CCC1(NO)C(=O)N(C)C(=O)N(C)C1=O. The van der Waals surface area contributed by atoms with Gasteiger partial charge in [-0.15, -0.1) is 0 Å². The monoisotopic (exact) mass is 215 g/mol. The van der Waals surface area contributed by atoms with Crippen LogP contribution in [0.15, 0.2) is 0 Å². The van der Waals surface area contributed by atoms with Crippen molar-refractivity contribution in [2.75, 3.05) is 14.1 Å². The van der Waals surface area contributed by atoms with Gasteiger partial charge in [0.1, 0.15) is 0 Å². The molecule has 1 aliphatic heterocycles. The van der Waals surface area contributed by atoms with E-state index in [0.29, 0.717) is 0 Å². The van der Waals surface area contributed by atoms with Gasteiger partial charge in [0.05, 0.1) is 0 Å². The molecule has 7 nitrogen and oxygen atoms in total. The molecule has 2 N–H and O–H groups in total. The van der Waals surface area contributed by atoms with Gasteiger partial charge in [0.25, 0.3) is 11.8 Å². The molecule has 0 aromatic carbocycles. The van der Waals surface area contributed by atoms with E-state index in [2.05, 4.69) is 0 Å². The molecule has 1 fully saturated rings. The van der Waals surface area contributed by atoms with Crippen molar-refractivity contribution in [3.8, 4) is 0 Å². The van der Waals surface area contributed by atoms with Gasteiger partial charge in [-0.25, -0.2) is 4.79 Å². The Labute approximate surface area is 86.6 Å². The number of rotatable bonds is 2. The summed E-state index contributed by atoms with van der Waals surface area (Å²) in [7, 11) is 2.52. The fourth-order valence-corrected chi connectivity index (χ4v) is 1.54. The molecule has 0 aromatic rings. The first kappa shape index (κ1) is 11.6. The van der Waals surface area contributed by atoms with Crippen LogP contribution in [0.4, 0.5) is 4.79 Å². The number of urea groups is 1. The maximum atomic E-state index is 11.7. The summed E-state index contributed by atoms with van der Waals surface area (Å²) < 4.78 is 0. The number of hydrogen-bond donors (Lipinski definition) is 2. The third kappa shape index (κ3) is 1.31. The lowest BCUT2D eigenvalue weighted by molar-refractivity contribution is -0.158. The van der Waals surface area contributed by atoms with Crippen molar-refractivity contribution < 1.29 is 19.6 Å². The van der Waals surface area contributed by atoms with Gasteiger partial charge in [-0.05, 0) is 6.42 Å². The topological polar surface area (TPSA) is 89.9 Å². The molecule has 0 aliphatic carbocycles. The van der Waals surface area contributed by atoms with Crippen LogP contribution in [0.2, 0.25) is 0 Å². The van der Waals surface area contributed by atoms with E-state index in [9.17, 15) is 14.4 Å². The van der Waals surface area contributed by atoms with E-state index >= 15 is 0 Å². The molecule has 1 saturated heterocycles. The molecule has 1 aliphatic rings. The molecule has 4 amide bonds. The molecule has 84 valence electrons. The fraction of sp³-hybridized carbons (Fsp3) is 0.625. The number of nitrogens with zero attached hydrogens (tertiary/aromatic N) is 2. The zero-order chi connectivity index (χ0) is 11.8. The molecule has 1 heterocycles. The Morgan fingerprint density at radius 2 is 1.60 bits per heavy atom. The third-order valence-electron chi connectivity index (χ3n) is 2.63. The summed E-state index contributed by atoms with van der Waals surface area (Å²) in [5.41, 5.74) is -0.0253. The van der Waals surface area contributed by atoms with Gasteiger partial charge < -0.3 is 5.21 Å². The summed E-state index contributed by atoms with van der Waals surface area (Å²) in [6.45, 7) is 1.57. The Morgan fingerprint density at radius 1 is 1.20 bits per heavy atom. The first-order valence-electron chi connectivity index (χ1n) is 4.44. The number of nitrogens with one attached hydrogen (secondary N) is 1. The molecule has 0 unspecified atom stereocenters. The maximum Gasteiger partial charge on any atom is 0.332 e. The molecular weight excluding hydrogens is 202 g/mol. The van der Waals surface area contributed by atoms with E-state index < -0.39 is 23.4 Å². The average molecular weight is 215 g/mol. The minimum Gasteiger partial charge on any atom is -0.315 e. The lowest BCUT2D eigenvalue weighted by atomic mass is 9.92. The van der Waals surface area contributed by atoms with Gasteiger partial charge in [-0.1, -0.05) is 6.92 Å². The van der Waals surface area contributed by atoms with Crippen LogP contribution in [0.3, 0.4) is 0 Å². The molecule has 0 aromatic heterocycles. The average Bonchev–Trinajstić information content (AvgIpc) is 2.26. The summed E-state index contributed by atoms with van der Waals surface area (Å²) in [5, 5.41) is 8.95. The number of hydrogen-bond acceptors (Lipinski definition) is 5. The van der Waals surface area contributed by atoms with Crippen LogP contribution < -0.4 is 5.48 Å². The van der Waals surface area contributed by atoms with Gasteiger partial charge in [0.2, 0.25) is 5.54 Å². The van der Waals surface area contributed by atoms with E-state index in [0.717, 1.165) is 9.80 Å². The molecule has 7 heteroatoms. The van der Waals surface area contributed by atoms with Gasteiger partial charge in [-0.3, -0.25) is 19.4 Å². The quantitative estimate of drug-likeness (QED) is 0.463. The lowest BCUT2D eigenvalue weighted by Crippen LogP contribution is -2.71. The Morgan fingerprint density at radius 3 is 1.87 bits per heavy atom. The predicted octanol–water partition coefficient (Wildman–Crippen LogP) is -0.836. The van der Waals surface area contributed by atoms with Crippen LogP contribution in [0, 0.1) is 0 Å². The van der Waals surface area contributed by atoms with Crippen molar-refractivity contribution >= 4 is 17.8 Å². The highest BCUT2D eigenvalue weighted by atomic mass is 16.5. The summed E-state index contributed by atoms with van der Waals surface area (Å²) in [6.07, 6.45) is 0.0587. The van der Waals surface area contributed by atoms with Crippen LogP contribution in [-0.4, -0.2) is 52.5 Å². The minimum atomic E-state index is -1.74. The molecule has 1 rings (SSSR count). The molecule has 15 heavy (non-hydrogen) atoms. The van der Waals surface area contributed by atoms with E-state index in [-0.39, 0.29) is 6.42 Å². The van der Waals surface area contributed by atoms with Gasteiger partial charge in [0, 0.05) is 14.1 Å². The van der Waals surface area contributed by atoms with Crippen LogP contribution in [-0.2, 0) is 9.59 Å². The first-order valence-corrected chi connectivity index (χ1v) is 4.44. The van der Waals surface area contributed by atoms with Crippen molar-refractivity contribution in [2.45, 2.75) is 18.9 Å². The summed E-state index contributed by atoms with van der Waals surface area (Å²) in [5.74, 6) is -1.50. The minimum absolute atomic E-state index is 0.0587. The molecule has 0 atom stereocenters. The van der Waals surface area contributed by atoms with Crippen molar-refractivity contribution in [3.05, 3.63) is 0 Å². The van der Waals surface area contributed by atoms with Crippen LogP contribution >= 0.6 is 0 Å². The third-order valence-corrected chi connectivity index (χ3v) is 2.63. The van der Waals surface area contributed by atoms with Gasteiger partial charge in [0.15, 0.2) is 0 Å². The molecule has 0 bridgehead atoms. The van der Waals surface area contributed by atoms with E-state index in [4.69, 9.17) is 5.21 Å². The van der Waals surface area contributed by atoms with Crippen LogP contribution in [0.25, 0.3) is 0 Å². The number of hydroxylamine groups is 1.